The maximum absolute atomic E-state index is 12.8. The van der Waals surface area contributed by atoms with Gasteiger partial charge in [-0.25, -0.2) is 4.98 Å². The number of fused-ring (bicyclic) bond motifs is 1. The van der Waals surface area contributed by atoms with Gasteiger partial charge in [-0.3, -0.25) is 9.78 Å². The first-order chi connectivity index (χ1) is 12.6. The van der Waals surface area contributed by atoms with E-state index in [-0.39, 0.29) is 24.0 Å². The van der Waals surface area contributed by atoms with E-state index in [1.54, 1.807) is 12.5 Å². The Morgan fingerprint density at radius 2 is 2.15 bits per heavy atom. The summed E-state index contributed by atoms with van der Waals surface area (Å²) in [5.74, 6) is 0.161. The number of pyridine rings is 1. The number of aromatic nitrogens is 3. The lowest BCUT2D eigenvalue weighted by Gasteiger charge is -2.38. The summed E-state index contributed by atoms with van der Waals surface area (Å²) in [5, 5.41) is 12.8. The molecule has 0 spiro atoms. The smallest absolute Gasteiger partial charge is 0.251 e. The van der Waals surface area contributed by atoms with E-state index in [1.165, 1.54) is 0 Å². The first-order valence-corrected chi connectivity index (χ1v) is 8.90. The number of benzene rings is 1. The lowest BCUT2D eigenvalue weighted by molar-refractivity contribution is 0.0238. The van der Waals surface area contributed by atoms with Crippen LogP contribution in [0.4, 0.5) is 0 Å². The Morgan fingerprint density at radius 1 is 1.31 bits per heavy atom. The molecule has 1 aromatic carbocycles. The Hall–Kier alpha value is -2.73. The fourth-order valence-electron chi connectivity index (χ4n) is 3.57. The third-order valence-corrected chi connectivity index (χ3v) is 5.18. The molecule has 2 N–H and O–H groups in total. The topological polar surface area (TPSA) is 80.0 Å². The van der Waals surface area contributed by atoms with Crippen LogP contribution in [0.25, 0.3) is 11.0 Å². The van der Waals surface area contributed by atoms with Crippen LogP contribution in [-0.4, -0.2) is 37.7 Å². The Kier molecular flexibility index (Phi) is 4.42. The van der Waals surface area contributed by atoms with Gasteiger partial charge in [-0.05, 0) is 49.1 Å². The average Bonchev–Trinajstić information content (AvgIpc) is 3.00. The van der Waals surface area contributed by atoms with Crippen LogP contribution in [0.5, 0.6) is 0 Å². The Morgan fingerprint density at radius 3 is 2.88 bits per heavy atom. The maximum Gasteiger partial charge on any atom is 0.251 e. The Labute approximate surface area is 151 Å². The summed E-state index contributed by atoms with van der Waals surface area (Å²) in [7, 11) is 1.93. The van der Waals surface area contributed by atoms with Crippen molar-refractivity contribution in [1.29, 1.82) is 0 Å². The van der Waals surface area contributed by atoms with Gasteiger partial charge in [0.05, 0.1) is 23.5 Å². The predicted octanol–water partition coefficient (Wildman–Crippen LogP) is 2.08. The molecule has 6 heteroatoms. The summed E-state index contributed by atoms with van der Waals surface area (Å²) in [4.78, 5) is 21.5. The van der Waals surface area contributed by atoms with Crippen molar-refractivity contribution in [3.05, 3.63) is 60.2 Å². The molecule has 26 heavy (non-hydrogen) atoms. The normalized spacial score (nSPS) is 20.5. The van der Waals surface area contributed by atoms with Crippen molar-refractivity contribution in [2.24, 2.45) is 13.0 Å². The zero-order valence-corrected chi connectivity index (χ0v) is 14.7. The van der Waals surface area contributed by atoms with E-state index in [4.69, 9.17) is 0 Å². The van der Waals surface area contributed by atoms with E-state index in [0.717, 1.165) is 29.6 Å². The van der Waals surface area contributed by atoms with E-state index >= 15 is 0 Å². The van der Waals surface area contributed by atoms with Crippen LogP contribution >= 0.6 is 0 Å². The molecule has 1 amide bonds. The van der Waals surface area contributed by atoms with Crippen molar-refractivity contribution < 1.29 is 9.90 Å². The standard InChI is InChI=1S/C20H22N4O2/c1-24-12-22-18-10-13(5-6-19(18)24)20(26)23-17(14-8-16(25)9-14)11-15-4-2-3-7-21-15/h2-7,10,12,14,16-17,25H,8-9,11H2,1H3,(H,23,26). The van der Waals surface area contributed by atoms with Crippen LogP contribution in [0.1, 0.15) is 28.9 Å². The van der Waals surface area contributed by atoms with E-state index in [2.05, 4.69) is 15.3 Å². The monoisotopic (exact) mass is 350 g/mol. The molecule has 1 unspecified atom stereocenters. The fourth-order valence-corrected chi connectivity index (χ4v) is 3.57. The van der Waals surface area contributed by atoms with Crippen molar-refractivity contribution in [2.45, 2.75) is 31.4 Å². The van der Waals surface area contributed by atoms with Gasteiger partial charge < -0.3 is 15.0 Å². The molecule has 1 fully saturated rings. The number of rotatable bonds is 5. The zero-order chi connectivity index (χ0) is 18.1. The first-order valence-electron chi connectivity index (χ1n) is 8.90. The minimum Gasteiger partial charge on any atom is -0.393 e. The molecule has 0 saturated heterocycles. The number of imidazole rings is 1. The highest BCUT2D eigenvalue weighted by molar-refractivity contribution is 5.97. The molecule has 1 aliphatic carbocycles. The third-order valence-electron chi connectivity index (χ3n) is 5.18. The number of aliphatic hydroxyl groups excluding tert-OH is 1. The van der Waals surface area contributed by atoms with Crippen LogP contribution < -0.4 is 5.32 Å². The molecule has 0 aliphatic heterocycles. The number of nitrogens with zero attached hydrogens (tertiary/aromatic N) is 3. The number of aryl methyl sites for hydroxylation is 1. The van der Waals surface area contributed by atoms with Crippen molar-refractivity contribution in [2.75, 3.05) is 0 Å². The van der Waals surface area contributed by atoms with Gasteiger partial charge in [-0.15, -0.1) is 0 Å². The molecule has 2 heterocycles. The Bertz CT molecular complexity index is 916. The summed E-state index contributed by atoms with van der Waals surface area (Å²) in [6.45, 7) is 0. The van der Waals surface area contributed by atoms with Gasteiger partial charge in [0.25, 0.3) is 5.91 Å². The van der Waals surface area contributed by atoms with Gasteiger partial charge in [-0.2, -0.15) is 0 Å². The Balaban J connectivity index is 1.52. The number of carbonyl (C=O) groups excluding carboxylic acids is 1. The molecular formula is C20H22N4O2. The van der Waals surface area contributed by atoms with Gasteiger partial charge in [0.1, 0.15) is 0 Å². The molecule has 1 aliphatic rings. The van der Waals surface area contributed by atoms with Crippen molar-refractivity contribution in [3.63, 3.8) is 0 Å². The summed E-state index contributed by atoms with van der Waals surface area (Å²) < 4.78 is 1.93. The second kappa shape index (κ2) is 6.88. The van der Waals surface area contributed by atoms with Crippen molar-refractivity contribution in [3.8, 4) is 0 Å². The molecule has 6 nitrogen and oxygen atoms in total. The first kappa shape index (κ1) is 16.7. The van der Waals surface area contributed by atoms with E-state index < -0.39 is 0 Å². The molecule has 0 radical (unpaired) electrons. The van der Waals surface area contributed by atoms with Crippen LogP contribution in [0.2, 0.25) is 0 Å². The molecular weight excluding hydrogens is 328 g/mol. The molecule has 1 atom stereocenters. The summed E-state index contributed by atoms with van der Waals surface area (Å²) in [6, 6.07) is 11.3. The van der Waals surface area contributed by atoms with Crippen molar-refractivity contribution >= 4 is 16.9 Å². The van der Waals surface area contributed by atoms with Gasteiger partial charge in [0.2, 0.25) is 0 Å². The molecule has 134 valence electrons. The second-order valence-electron chi connectivity index (χ2n) is 7.05. The number of nitrogens with one attached hydrogen (secondary N) is 1. The highest BCUT2D eigenvalue weighted by Crippen LogP contribution is 2.31. The van der Waals surface area contributed by atoms with Gasteiger partial charge in [-0.1, -0.05) is 6.07 Å². The molecule has 3 aromatic rings. The number of hydrogen-bond acceptors (Lipinski definition) is 4. The summed E-state index contributed by atoms with van der Waals surface area (Å²) >= 11 is 0. The number of carbonyl (C=O) groups is 1. The molecule has 4 rings (SSSR count). The largest absolute Gasteiger partial charge is 0.393 e. The van der Waals surface area contributed by atoms with Crippen LogP contribution in [0.3, 0.4) is 0 Å². The number of hydrogen-bond donors (Lipinski definition) is 2. The lowest BCUT2D eigenvalue weighted by atomic mass is 9.76. The van der Waals surface area contributed by atoms with Gasteiger partial charge >= 0.3 is 0 Å². The fraction of sp³-hybridized carbons (Fsp3) is 0.350. The molecule has 1 saturated carbocycles. The highest BCUT2D eigenvalue weighted by Gasteiger charge is 2.35. The van der Waals surface area contributed by atoms with Crippen LogP contribution in [0.15, 0.2) is 48.9 Å². The quantitative estimate of drug-likeness (QED) is 0.738. The number of aliphatic hydroxyl groups is 1. The average molecular weight is 350 g/mol. The molecule has 0 bridgehead atoms. The second-order valence-corrected chi connectivity index (χ2v) is 7.05. The van der Waals surface area contributed by atoms with E-state index in [9.17, 15) is 9.90 Å². The minimum atomic E-state index is -0.256. The highest BCUT2D eigenvalue weighted by atomic mass is 16.3. The van der Waals surface area contributed by atoms with Gasteiger partial charge in [0, 0.05) is 37.0 Å². The van der Waals surface area contributed by atoms with Crippen LogP contribution in [0, 0.1) is 5.92 Å². The van der Waals surface area contributed by atoms with Crippen LogP contribution in [-0.2, 0) is 13.5 Å². The van der Waals surface area contributed by atoms with E-state index in [1.807, 2.05) is 48.0 Å². The number of amides is 1. The summed E-state index contributed by atoms with van der Waals surface area (Å²) in [6.07, 6.45) is 5.35. The minimum absolute atomic E-state index is 0.0415. The predicted molar refractivity (Wildman–Crippen MR) is 98.6 cm³/mol. The van der Waals surface area contributed by atoms with Crippen molar-refractivity contribution in [1.82, 2.24) is 19.9 Å². The van der Waals surface area contributed by atoms with E-state index in [0.29, 0.717) is 12.0 Å². The lowest BCUT2D eigenvalue weighted by Crippen LogP contribution is -2.48. The molecule has 2 aromatic heterocycles. The maximum atomic E-state index is 12.8. The zero-order valence-electron chi connectivity index (χ0n) is 14.7. The SMILES string of the molecule is Cn1cnc2cc(C(=O)NC(Cc3ccccn3)C3CC(O)C3)ccc21. The third kappa shape index (κ3) is 3.32. The van der Waals surface area contributed by atoms with Gasteiger partial charge in [0.15, 0.2) is 0 Å². The summed E-state index contributed by atoms with van der Waals surface area (Å²) in [5.41, 5.74) is 3.34.